The fraction of sp³-hybridized carbons (Fsp3) is 0.538. The number of carbonyl (C=O) groups excluding carboxylic acids is 3. The van der Waals surface area contributed by atoms with E-state index in [-0.39, 0.29) is 31.5 Å². The lowest BCUT2D eigenvalue weighted by Crippen LogP contribution is -2.56. The number of carbonyl (C=O) groups is 3. The van der Waals surface area contributed by atoms with Gasteiger partial charge in [-0.2, -0.15) is 0 Å². The fourth-order valence-electron chi connectivity index (χ4n) is 5.04. The smallest absolute Gasteiger partial charge is 0.339 e. The van der Waals surface area contributed by atoms with E-state index in [1.54, 1.807) is 30.0 Å². The standard InChI is InChI=1S/C26H33N3O7/c1-16-17(2)25(33)36-21-11-19(6-7-20(16)21)35-15-23(31)27-12-22(30)28-13-24(32)29-10-9-26(34)8-4-3-5-18(26)14-29/h6-7,11,18,34H,3-5,8-10,12-15H2,1-2H3,(H,27,31)(H,28,30). The monoisotopic (exact) mass is 499 g/mol. The lowest BCUT2D eigenvalue weighted by atomic mass is 9.71. The highest BCUT2D eigenvalue weighted by atomic mass is 16.5. The van der Waals surface area contributed by atoms with Crippen LogP contribution < -0.4 is 21.0 Å². The first-order valence-corrected chi connectivity index (χ1v) is 12.4. The highest BCUT2D eigenvalue weighted by Crippen LogP contribution is 2.39. The molecule has 0 radical (unpaired) electrons. The largest absolute Gasteiger partial charge is 0.484 e. The van der Waals surface area contributed by atoms with Gasteiger partial charge in [0.1, 0.15) is 11.3 Å². The number of aryl methyl sites for hydroxylation is 1. The van der Waals surface area contributed by atoms with E-state index in [4.69, 9.17) is 9.15 Å². The SMILES string of the molecule is Cc1c(C)c2ccc(OCC(=O)NCC(=O)NCC(=O)N3CCC4(O)CCCCC4C3)cc2oc1=O. The van der Waals surface area contributed by atoms with Crippen molar-refractivity contribution in [2.75, 3.05) is 32.8 Å². The first kappa shape index (κ1) is 25.7. The normalized spacial score (nSPS) is 21.5. The summed E-state index contributed by atoms with van der Waals surface area (Å²) in [6.07, 6.45) is 4.35. The highest BCUT2D eigenvalue weighted by molar-refractivity contribution is 5.88. The predicted molar refractivity (Wildman–Crippen MR) is 132 cm³/mol. The van der Waals surface area contributed by atoms with Crippen LogP contribution in [0.4, 0.5) is 0 Å². The van der Waals surface area contributed by atoms with Gasteiger partial charge in [0, 0.05) is 36.0 Å². The zero-order valence-corrected chi connectivity index (χ0v) is 20.7. The Kier molecular flexibility index (Phi) is 7.63. The second-order valence-electron chi connectivity index (χ2n) is 9.78. The van der Waals surface area contributed by atoms with Crippen LogP contribution in [0.1, 0.15) is 43.2 Å². The molecule has 3 N–H and O–H groups in total. The van der Waals surface area contributed by atoms with E-state index in [0.717, 1.165) is 36.6 Å². The summed E-state index contributed by atoms with van der Waals surface area (Å²) >= 11 is 0. The van der Waals surface area contributed by atoms with Crippen LogP contribution in [0, 0.1) is 19.8 Å². The van der Waals surface area contributed by atoms with Gasteiger partial charge in [-0.15, -0.1) is 0 Å². The van der Waals surface area contributed by atoms with E-state index in [1.807, 2.05) is 6.92 Å². The van der Waals surface area contributed by atoms with Crippen molar-refractivity contribution in [1.29, 1.82) is 0 Å². The van der Waals surface area contributed by atoms with Gasteiger partial charge in [0.15, 0.2) is 6.61 Å². The Morgan fingerprint density at radius 2 is 1.89 bits per heavy atom. The minimum absolute atomic E-state index is 0.0886. The van der Waals surface area contributed by atoms with Crippen LogP contribution in [0.5, 0.6) is 5.75 Å². The van der Waals surface area contributed by atoms with E-state index < -0.39 is 23.0 Å². The van der Waals surface area contributed by atoms with Crippen LogP contribution in [0.25, 0.3) is 11.0 Å². The summed E-state index contributed by atoms with van der Waals surface area (Å²) in [4.78, 5) is 50.3. The van der Waals surface area contributed by atoms with Gasteiger partial charge >= 0.3 is 5.63 Å². The van der Waals surface area contributed by atoms with Gasteiger partial charge in [-0.3, -0.25) is 14.4 Å². The average Bonchev–Trinajstić information content (AvgIpc) is 2.87. The van der Waals surface area contributed by atoms with Gasteiger partial charge in [0.05, 0.1) is 18.7 Å². The van der Waals surface area contributed by atoms with Crippen LogP contribution >= 0.6 is 0 Å². The minimum Gasteiger partial charge on any atom is -0.484 e. The first-order valence-electron chi connectivity index (χ1n) is 12.4. The zero-order chi connectivity index (χ0) is 25.9. The summed E-state index contributed by atoms with van der Waals surface area (Å²) in [6, 6.07) is 4.98. The molecule has 1 aromatic heterocycles. The number of hydrogen-bond donors (Lipinski definition) is 3. The average molecular weight is 500 g/mol. The Labute approximate surface area is 209 Å². The molecule has 1 aliphatic carbocycles. The highest BCUT2D eigenvalue weighted by Gasteiger charge is 2.43. The Bertz CT molecular complexity index is 1220. The maximum absolute atomic E-state index is 12.5. The molecule has 2 atom stereocenters. The summed E-state index contributed by atoms with van der Waals surface area (Å²) in [5.74, 6) is -0.748. The van der Waals surface area contributed by atoms with Gasteiger partial charge in [0.25, 0.3) is 5.91 Å². The molecule has 0 spiro atoms. The summed E-state index contributed by atoms with van der Waals surface area (Å²) < 4.78 is 10.7. The van der Waals surface area contributed by atoms with Crippen LogP contribution in [0.3, 0.4) is 0 Å². The summed E-state index contributed by atoms with van der Waals surface area (Å²) in [5.41, 5.74) is 0.652. The van der Waals surface area contributed by atoms with Gasteiger partial charge in [-0.25, -0.2) is 4.79 Å². The molecule has 194 valence electrons. The lowest BCUT2D eigenvalue weighted by molar-refractivity contribution is -0.143. The number of nitrogens with zero attached hydrogens (tertiary/aromatic N) is 1. The molecule has 2 aliphatic rings. The predicted octanol–water partition coefficient (Wildman–Crippen LogP) is 1.17. The number of fused-ring (bicyclic) bond motifs is 2. The summed E-state index contributed by atoms with van der Waals surface area (Å²) in [6.45, 7) is 3.75. The molecular weight excluding hydrogens is 466 g/mol. The van der Waals surface area contributed by atoms with E-state index in [2.05, 4.69) is 10.6 Å². The van der Waals surface area contributed by atoms with Gasteiger partial charge in [0.2, 0.25) is 11.8 Å². The number of piperidine rings is 1. The van der Waals surface area contributed by atoms with Gasteiger partial charge < -0.3 is 29.8 Å². The fourth-order valence-corrected chi connectivity index (χ4v) is 5.04. The topological polar surface area (TPSA) is 138 Å². The molecule has 3 amide bonds. The van der Waals surface area contributed by atoms with Crippen molar-refractivity contribution in [3.63, 3.8) is 0 Å². The van der Waals surface area contributed by atoms with Crippen molar-refractivity contribution >= 4 is 28.7 Å². The molecule has 4 rings (SSSR count). The Morgan fingerprint density at radius 1 is 1.11 bits per heavy atom. The molecule has 0 bridgehead atoms. The van der Waals surface area contributed by atoms with Crippen LogP contribution in [-0.4, -0.2) is 66.1 Å². The molecule has 36 heavy (non-hydrogen) atoms. The molecule has 2 fully saturated rings. The van der Waals surface area contributed by atoms with Crippen molar-refractivity contribution in [2.24, 2.45) is 5.92 Å². The molecule has 1 aliphatic heterocycles. The zero-order valence-electron chi connectivity index (χ0n) is 20.7. The number of likely N-dealkylation sites (tertiary alicyclic amines) is 1. The number of ether oxygens (including phenoxy) is 1. The maximum Gasteiger partial charge on any atom is 0.339 e. The number of hydrogen-bond acceptors (Lipinski definition) is 7. The lowest BCUT2D eigenvalue weighted by Gasteiger charge is -2.47. The van der Waals surface area contributed by atoms with Crippen molar-refractivity contribution in [3.05, 3.63) is 39.7 Å². The Hall–Kier alpha value is -3.40. The summed E-state index contributed by atoms with van der Waals surface area (Å²) in [5, 5.41) is 16.5. The molecule has 1 saturated heterocycles. The second-order valence-corrected chi connectivity index (χ2v) is 9.78. The van der Waals surface area contributed by atoms with E-state index >= 15 is 0 Å². The Morgan fingerprint density at radius 3 is 2.69 bits per heavy atom. The van der Waals surface area contributed by atoms with E-state index in [0.29, 0.717) is 36.4 Å². The number of nitrogens with one attached hydrogen (secondary N) is 2. The number of aliphatic hydroxyl groups is 1. The molecule has 1 saturated carbocycles. The van der Waals surface area contributed by atoms with E-state index in [1.165, 1.54) is 0 Å². The van der Waals surface area contributed by atoms with Gasteiger partial charge in [-0.1, -0.05) is 12.8 Å². The molecule has 2 unspecified atom stereocenters. The third kappa shape index (κ3) is 5.70. The minimum atomic E-state index is -0.663. The van der Waals surface area contributed by atoms with Gasteiger partial charge in [-0.05, 0) is 50.8 Å². The van der Waals surface area contributed by atoms with E-state index in [9.17, 15) is 24.3 Å². The van der Waals surface area contributed by atoms with Crippen molar-refractivity contribution in [3.8, 4) is 5.75 Å². The molecule has 2 aromatic rings. The van der Waals surface area contributed by atoms with Crippen LogP contribution in [0.15, 0.2) is 27.4 Å². The van der Waals surface area contributed by atoms with Crippen LogP contribution in [0.2, 0.25) is 0 Å². The Balaban J connectivity index is 1.18. The quantitative estimate of drug-likeness (QED) is 0.486. The first-order chi connectivity index (χ1) is 17.2. The molecule has 10 nitrogen and oxygen atoms in total. The van der Waals surface area contributed by atoms with Crippen molar-refractivity contribution in [2.45, 2.75) is 51.6 Å². The number of benzene rings is 1. The third-order valence-corrected chi connectivity index (χ3v) is 7.46. The third-order valence-electron chi connectivity index (χ3n) is 7.46. The number of amides is 3. The van der Waals surface area contributed by atoms with Crippen LogP contribution in [-0.2, 0) is 14.4 Å². The van der Waals surface area contributed by atoms with Crippen molar-refractivity contribution < 1.29 is 28.6 Å². The molecule has 2 heterocycles. The summed E-state index contributed by atoms with van der Waals surface area (Å²) in [7, 11) is 0. The maximum atomic E-state index is 12.5. The van der Waals surface area contributed by atoms with Crippen molar-refractivity contribution in [1.82, 2.24) is 15.5 Å². The number of rotatable bonds is 7. The molecule has 10 heteroatoms. The molecular formula is C26H33N3O7. The second kappa shape index (κ2) is 10.7. The molecule has 1 aromatic carbocycles.